The van der Waals surface area contributed by atoms with E-state index in [2.05, 4.69) is 45.6 Å². The van der Waals surface area contributed by atoms with Gasteiger partial charge < -0.3 is 9.30 Å². The minimum absolute atomic E-state index is 0.106. The summed E-state index contributed by atoms with van der Waals surface area (Å²) in [5.41, 5.74) is 5.86. The van der Waals surface area contributed by atoms with Crippen molar-refractivity contribution < 1.29 is 4.74 Å². The number of ether oxygens (including phenoxy) is 1. The number of H-pyrrole nitrogens is 1. The molecule has 6 rings (SSSR count). The van der Waals surface area contributed by atoms with E-state index in [0.717, 1.165) is 44.9 Å². The van der Waals surface area contributed by atoms with Gasteiger partial charge in [0.2, 0.25) is 0 Å². The summed E-state index contributed by atoms with van der Waals surface area (Å²) in [6.07, 6.45) is 4.37. The van der Waals surface area contributed by atoms with Gasteiger partial charge in [0, 0.05) is 28.7 Å². The van der Waals surface area contributed by atoms with Crippen LogP contribution in [-0.2, 0) is 20.0 Å². The summed E-state index contributed by atoms with van der Waals surface area (Å²) in [4.78, 5) is 13.5. The van der Waals surface area contributed by atoms with Gasteiger partial charge >= 0.3 is 0 Å². The third kappa shape index (κ3) is 3.25. The third-order valence-electron chi connectivity index (χ3n) is 6.51. The zero-order valence-electron chi connectivity index (χ0n) is 18.9. The largest absolute Gasteiger partial charge is 0.497 e. The number of hydrogen-bond donors (Lipinski definition) is 1. The molecular weight excluding hydrogens is 426 g/mol. The molecule has 0 spiro atoms. The Bertz CT molecular complexity index is 1740. The summed E-state index contributed by atoms with van der Waals surface area (Å²) in [6.45, 7) is 0.383. The number of nitrogens with one attached hydrogen (secondary N) is 1. The quantitative estimate of drug-likeness (QED) is 0.423. The van der Waals surface area contributed by atoms with Gasteiger partial charge in [0.1, 0.15) is 11.3 Å². The van der Waals surface area contributed by atoms with Crippen LogP contribution in [-0.4, -0.2) is 31.7 Å². The van der Waals surface area contributed by atoms with Crippen LogP contribution in [0, 0.1) is 0 Å². The second-order valence-corrected chi connectivity index (χ2v) is 8.56. The normalized spacial score (nSPS) is 11.6. The Morgan fingerprint density at radius 2 is 1.79 bits per heavy atom. The van der Waals surface area contributed by atoms with Crippen molar-refractivity contribution in [3.8, 4) is 5.75 Å². The number of aryl methyl sites for hydroxylation is 1. The van der Waals surface area contributed by atoms with Crippen LogP contribution in [0.4, 0.5) is 0 Å². The lowest BCUT2D eigenvalue weighted by atomic mass is 10.0. The second kappa shape index (κ2) is 7.88. The van der Waals surface area contributed by atoms with E-state index in [0.29, 0.717) is 12.1 Å². The van der Waals surface area contributed by atoms with Gasteiger partial charge in [-0.3, -0.25) is 9.89 Å². The van der Waals surface area contributed by atoms with Crippen LogP contribution in [0.5, 0.6) is 5.75 Å². The number of rotatable bonds is 5. The highest BCUT2D eigenvalue weighted by Crippen LogP contribution is 2.28. The van der Waals surface area contributed by atoms with Gasteiger partial charge in [-0.1, -0.05) is 36.4 Å². The van der Waals surface area contributed by atoms with Crippen LogP contribution in [0.3, 0.4) is 0 Å². The van der Waals surface area contributed by atoms with Gasteiger partial charge in [-0.05, 0) is 47.4 Å². The summed E-state index contributed by atoms with van der Waals surface area (Å²) in [6, 6.07) is 20.4. The van der Waals surface area contributed by atoms with E-state index in [4.69, 9.17) is 4.74 Å². The predicted octanol–water partition coefficient (Wildman–Crippen LogP) is 4.41. The SMILES string of the molecule is COc1cccc(Cc2ccc3c4cnn(Cc5cccc6[nH]ncc56)c(=O)c4n(C)c3c2)c1. The summed E-state index contributed by atoms with van der Waals surface area (Å²) in [7, 11) is 3.62. The van der Waals surface area contributed by atoms with Gasteiger partial charge in [-0.25, -0.2) is 4.68 Å². The first-order valence-corrected chi connectivity index (χ1v) is 11.1. The molecular formula is C27H23N5O2. The average Bonchev–Trinajstić information content (AvgIpc) is 3.45. The molecule has 0 aliphatic carbocycles. The Hall–Kier alpha value is -4.39. The van der Waals surface area contributed by atoms with Crippen LogP contribution in [0.25, 0.3) is 32.7 Å². The van der Waals surface area contributed by atoms with Crippen LogP contribution in [0.1, 0.15) is 16.7 Å². The summed E-state index contributed by atoms with van der Waals surface area (Å²) in [5.74, 6) is 0.848. The molecule has 0 saturated heterocycles. The first-order valence-electron chi connectivity index (χ1n) is 11.1. The van der Waals surface area contributed by atoms with E-state index in [9.17, 15) is 4.79 Å². The van der Waals surface area contributed by atoms with Gasteiger partial charge in [0.25, 0.3) is 5.56 Å². The Labute approximate surface area is 195 Å². The maximum Gasteiger partial charge on any atom is 0.291 e. The Morgan fingerprint density at radius 1 is 0.941 bits per heavy atom. The topological polar surface area (TPSA) is 77.7 Å². The molecule has 3 aromatic carbocycles. The van der Waals surface area contributed by atoms with Gasteiger partial charge in [0.05, 0.1) is 31.6 Å². The standard InChI is InChI=1S/C27H23N5O2/c1-31-25-13-18(11-17-5-3-7-20(12-17)34-2)9-10-21(25)23-15-29-32(27(33)26(23)31)16-19-6-4-8-24-22(19)14-28-30-24/h3-10,12-15H,11,16H2,1-2H3,(H,28,30). The lowest BCUT2D eigenvalue weighted by Gasteiger charge is -2.07. The lowest BCUT2D eigenvalue weighted by molar-refractivity contribution is 0.414. The molecule has 0 amide bonds. The smallest absolute Gasteiger partial charge is 0.291 e. The number of hydrogen-bond acceptors (Lipinski definition) is 4. The van der Waals surface area contributed by atoms with E-state index in [1.54, 1.807) is 19.5 Å². The molecule has 0 radical (unpaired) electrons. The molecule has 1 N–H and O–H groups in total. The van der Waals surface area contributed by atoms with Crippen molar-refractivity contribution in [1.82, 2.24) is 24.5 Å². The molecule has 7 heteroatoms. The number of nitrogens with zero attached hydrogens (tertiary/aromatic N) is 4. The molecule has 0 aliphatic rings. The Morgan fingerprint density at radius 3 is 2.68 bits per heavy atom. The Balaban J connectivity index is 1.42. The minimum atomic E-state index is -0.106. The number of aromatic nitrogens is 5. The van der Waals surface area contributed by atoms with Gasteiger partial charge in [0.15, 0.2) is 0 Å². The summed E-state index contributed by atoms with van der Waals surface area (Å²) < 4.78 is 8.87. The van der Waals surface area contributed by atoms with Crippen molar-refractivity contribution in [1.29, 1.82) is 0 Å². The van der Waals surface area contributed by atoms with E-state index in [1.165, 1.54) is 15.8 Å². The fourth-order valence-corrected chi connectivity index (χ4v) is 4.77. The number of aromatic amines is 1. The van der Waals surface area contributed by atoms with Crippen molar-refractivity contribution >= 4 is 32.7 Å². The first kappa shape index (κ1) is 20.2. The van der Waals surface area contributed by atoms with Crippen molar-refractivity contribution in [2.75, 3.05) is 7.11 Å². The predicted molar refractivity (Wildman–Crippen MR) is 133 cm³/mol. The fourth-order valence-electron chi connectivity index (χ4n) is 4.77. The van der Waals surface area contributed by atoms with Crippen LogP contribution in [0.15, 0.2) is 77.9 Å². The number of benzene rings is 3. The fraction of sp³-hybridized carbons (Fsp3) is 0.148. The van der Waals surface area contributed by atoms with Crippen LogP contribution >= 0.6 is 0 Å². The third-order valence-corrected chi connectivity index (χ3v) is 6.51. The van der Waals surface area contributed by atoms with E-state index in [-0.39, 0.29) is 5.56 Å². The summed E-state index contributed by atoms with van der Waals surface area (Å²) in [5, 5.41) is 14.5. The average molecular weight is 450 g/mol. The molecule has 0 aliphatic heterocycles. The molecule has 3 aromatic heterocycles. The zero-order valence-corrected chi connectivity index (χ0v) is 18.9. The van der Waals surface area contributed by atoms with E-state index < -0.39 is 0 Å². The number of methoxy groups -OCH3 is 1. The lowest BCUT2D eigenvalue weighted by Crippen LogP contribution is -2.24. The maximum atomic E-state index is 13.5. The Kier molecular flexibility index (Phi) is 4.69. The van der Waals surface area contributed by atoms with Crippen LogP contribution in [0.2, 0.25) is 0 Å². The maximum absolute atomic E-state index is 13.5. The van der Waals surface area contributed by atoms with Crippen molar-refractivity contribution in [3.63, 3.8) is 0 Å². The molecule has 3 heterocycles. The highest BCUT2D eigenvalue weighted by Gasteiger charge is 2.15. The monoisotopic (exact) mass is 449 g/mol. The van der Waals surface area contributed by atoms with E-state index in [1.807, 2.05) is 41.9 Å². The highest BCUT2D eigenvalue weighted by atomic mass is 16.5. The first-order chi connectivity index (χ1) is 16.6. The molecule has 0 unspecified atom stereocenters. The molecule has 34 heavy (non-hydrogen) atoms. The molecule has 0 bridgehead atoms. The van der Waals surface area contributed by atoms with Crippen molar-refractivity contribution in [2.45, 2.75) is 13.0 Å². The van der Waals surface area contributed by atoms with Crippen molar-refractivity contribution in [2.24, 2.45) is 7.05 Å². The van der Waals surface area contributed by atoms with E-state index >= 15 is 0 Å². The molecule has 0 fully saturated rings. The van der Waals surface area contributed by atoms with Crippen LogP contribution < -0.4 is 10.3 Å². The molecule has 0 atom stereocenters. The minimum Gasteiger partial charge on any atom is -0.497 e. The van der Waals surface area contributed by atoms with Crippen molar-refractivity contribution in [3.05, 3.63) is 100 Å². The molecule has 6 aromatic rings. The molecule has 168 valence electrons. The zero-order chi connectivity index (χ0) is 23.2. The number of fused-ring (bicyclic) bond motifs is 4. The van der Waals surface area contributed by atoms with Gasteiger partial charge in [-0.2, -0.15) is 10.2 Å². The van der Waals surface area contributed by atoms with Gasteiger partial charge in [-0.15, -0.1) is 0 Å². The summed E-state index contributed by atoms with van der Waals surface area (Å²) >= 11 is 0. The second-order valence-electron chi connectivity index (χ2n) is 8.56. The highest BCUT2D eigenvalue weighted by molar-refractivity contribution is 6.07. The molecule has 0 saturated carbocycles. The molecule has 7 nitrogen and oxygen atoms in total.